The predicted molar refractivity (Wildman–Crippen MR) is 67.8 cm³/mol. The van der Waals surface area contributed by atoms with Crippen molar-refractivity contribution in [2.75, 3.05) is 37.7 Å². The number of aliphatic hydroxyl groups is 1. The number of hydrogen-bond acceptors (Lipinski definition) is 4. The summed E-state index contributed by atoms with van der Waals surface area (Å²) in [6.45, 7) is 4.12. The summed E-state index contributed by atoms with van der Waals surface area (Å²) in [5.74, 6) is 1.01. The summed E-state index contributed by atoms with van der Waals surface area (Å²) in [5.41, 5.74) is 1.11. The van der Waals surface area contributed by atoms with Gasteiger partial charge in [-0.3, -0.25) is 0 Å². The SMILES string of the molecule is OCCc1cc(Br)cnc1N1CCNCC1. The number of rotatable bonds is 3. The van der Waals surface area contributed by atoms with Crippen LogP contribution in [0.15, 0.2) is 16.7 Å². The second kappa shape index (κ2) is 5.61. The van der Waals surface area contributed by atoms with Crippen molar-refractivity contribution in [1.29, 1.82) is 0 Å². The molecule has 2 heterocycles. The van der Waals surface area contributed by atoms with Crippen molar-refractivity contribution in [3.63, 3.8) is 0 Å². The van der Waals surface area contributed by atoms with Gasteiger partial charge in [-0.05, 0) is 34.0 Å². The van der Waals surface area contributed by atoms with Gasteiger partial charge in [-0.2, -0.15) is 0 Å². The van der Waals surface area contributed by atoms with Crippen LogP contribution in [0, 0.1) is 0 Å². The molecule has 88 valence electrons. The quantitative estimate of drug-likeness (QED) is 0.862. The maximum Gasteiger partial charge on any atom is 0.131 e. The molecule has 0 spiro atoms. The summed E-state index contributed by atoms with van der Waals surface area (Å²) < 4.78 is 0.967. The number of piperazine rings is 1. The number of aromatic nitrogens is 1. The molecule has 5 heteroatoms. The van der Waals surface area contributed by atoms with Crippen LogP contribution in [0.3, 0.4) is 0 Å². The lowest BCUT2D eigenvalue weighted by Gasteiger charge is -2.30. The van der Waals surface area contributed by atoms with E-state index in [2.05, 4.69) is 31.1 Å². The van der Waals surface area contributed by atoms with Crippen molar-refractivity contribution in [2.24, 2.45) is 0 Å². The molecule has 4 nitrogen and oxygen atoms in total. The number of nitrogens with zero attached hydrogens (tertiary/aromatic N) is 2. The lowest BCUT2D eigenvalue weighted by atomic mass is 10.1. The molecule has 0 atom stereocenters. The first-order valence-corrected chi connectivity index (χ1v) is 6.31. The molecule has 1 aromatic heterocycles. The van der Waals surface area contributed by atoms with Gasteiger partial charge in [0.15, 0.2) is 0 Å². The fourth-order valence-corrected chi connectivity index (χ4v) is 2.32. The number of nitrogens with one attached hydrogen (secondary N) is 1. The van der Waals surface area contributed by atoms with Crippen molar-refractivity contribution in [3.8, 4) is 0 Å². The van der Waals surface area contributed by atoms with Gasteiger partial charge in [0.2, 0.25) is 0 Å². The van der Waals surface area contributed by atoms with Crippen LogP contribution in [-0.4, -0.2) is 42.9 Å². The topological polar surface area (TPSA) is 48.4 Å². The number of hydrogen-bond donors (Lipinski definition) is 2. The Morgan fingerprint density at radius 1 is 1.44 bits per heavy atom. The van der Waals surface area contributed by atoms with Crippen LogP contribution < -0.4 is 10.2 Å². The van der Waals surface area contributed by atoms with Gasteiger partial charge in [0.25, 0.3) is 0 Å². The summed E-state index contributed by atoms with van der Waals surface area (Å²) in [5, 5.41) is 12.4. The Labute approximate surface area is 104 Å². The van der Waals surface area contributed by atoms with E-state index in [1.165, 1.54) is 0 Å². The Hall–Kier alpha value is -0.650. The van der Waals surface area contributed by atoms with Crippen LogP contribution in [0.25, 0.3) is 0 Å². The molecule has 0 aromatic carbocycles. The minimum Gasteiger partial charge on any atom is -0.396 e. The standard InChI is InChI=1S/C11H16BrN3O/c12-10-7-9(1-6-16)11(14-8-10)15-4-2-13-3-5-15/h7-8,13,16H,1-6H2. The van der Waals surface area contributed by atoms with Crippen LogP contribution in [-0.2, 0) is 6.42 Å². The third-order valence-electron chi connectivity index (χ3n) is 2.71. The van der Waals surface area contributed by atoms with Crippen LogP contribution in [0.1, 0.15) is 5.56 Å². The molecule has 0 unspecified atom stereocenters. The summed E-state index contributed by atoms with van der Waals surface area (Å²) in [6, 6.07) is 2.04. The first kappa shape index (κ1) is 11.8. The van der Waals surface area contributed by atoms with Gasteiger partial charge < -0.3 is 15.3 Å². The number of pyridine rings is 1. The van der Waals surface area contributed by atoms with E-state index < -0.39 is 0 Å². The van der Waals surface area contributed by atoms with Gasteiger partial charge in [-0.15, -0.1) is 0 Å². The Kier molecular flexibility index (Phi) is 4.15. The van der Waals surface area contributed by atoms with Crippen molar-refractivity contribution >= 4 is 21.7 Å². The molecule has 1 aliphatic rings. The normalized spacial score (nSPS) is 16.5. The average molecular weight is 286 g/mol. The van der Waals surface area contributed by atoms with Crippen LogP contribution >= 0.6 is 15.9 Å². The maximum atomic E-state index is 9.06. The Balaban J connectivity index is 2.23. The van der Waals surface area contributed by atoms with Crippen LogP contribution in [0.2, 0.25) is 0 Å². The molecule has 2 rings (SSSR count). The highest BCUT2D eigenvalue weighted by Gasteiger charge is 2.15. The first-order valence-electron chi connectivity index (χ1n) is 5.52. The van der Waals surface area contributed by atoms with Crippen molar-refractivity contribution in [1.82, 2.24) is 10.3 Å². The molecule has 0 saturated carbocycles. The summed E-state index contributed by atoms with van der Waals surface area (Å²) in [7, 11) is 0. The highest BCUT2D eigenvalue weighted by atomic mass is 79.9. The van der Waals surface area contributed by atoms with E-state index in [-0.39, 0.29) is 6.61 Å². The largest absolute Gasteiger partial charge is 0.396 e. The van der Waals surface area contributed by atoms with Crippen LogP contribution in [0.5, 0.6) is 0 Å². The molecule has 0 aliphatic carbocycles. The molecule has 0 amide bonds. The Morgan fingerprint density at radius 3 is 2.88 bits per heavy atom. The maximum absolute atomic E-state index is 9.06. The Morgan fingerprint density at radius 2 is 2.19 bits per heavy atom. The zero-order valence-electron chi connectivity index (χ0n) is 9.12. The molecular formula is C11H16BrN3O. The zero-order chi connectivity index (χ0) is 11.4. The number of aliphatic hydroxyl groups excluding tert-OH is 1. The molecule has 16 heavy (non-hydrogen) atoms. The minimum atomic E-state index is 0.164. The molecule has 1 aliphatic heterocycles. The summed E-state index contributed by atoms with van der Waals surface area (Å²) >= 11 is 3.42. The fraction of sp³-hybridized carbons (Fsp3) is 0.545. The minimum absolute atomic E-state index is 0.164. The van der Waals surface area contributed by atoms with Gasteiger partial charge in [-0.25, -0.2) is 4.98 Å². The Bertz CT molecular complexity index is 353. The van der Waals surface area contributed by atoms with E-state index in [0.717, 1.165) is 42.0 Å². The van der Waals surface area contributed by atoms with Gasteiger partial charge in [0.1, 0.15) is 5.82 Å². The highest BCUT2D eigenvalue weighted by Crippen LogP contribution is 2.22. The van der Waals surface area contributed by atoms with E-state index in [1.807, 2.05) is 12.3 Å². The van der Waals surface area contributed by atoms with E-state index in [9.17, 15) is 0 Å². The van der Waals surface area contributed by atoms with Crippen molar-refractivity contribution in [3.05, 3.63) is 22.3 Å². The summed E-state index contributed by atoms with van der Waals surface area (Å²) in [6.07, 6.45) is 2.48. The lowest BCUT2D eigenvalue weighted by molar-refractivity contribution is 0.299. The lowest BCUT2D eigenvalue weighted by Crippen LogP contribution is -2.44. The summed E-state index contributed by atoms with van der Waals surface area (Å²) in [4.78, 5) is 6.73. The first-order chi connectivity index (χ1) is 7.81. The van der Waals surface area contributed by atoms with E-state index in [1.54, 1.807) is 0 Å². The van der Waals surface area contributed by atoms with E-state index >= 15 is 0 Å². The third kappa shape index (κ3) is 2.72. The van der Waals surface area contributed by atoms with Crippen LogP contribution in [0.4, 0.5) is 5.82 Å². The molecule has 1 saturated heterocycles. The number of halogens is 1. The van der Waals surface area contributed by atoms with Gasteiger partial charge in [0, 0.05) is 43.5 Å². The second-order valence-electron chi connectivity index (χ2n) is 3.85. The fourth-order valence-electron chi connectivity index (χ4n) is 1.94. The van der Waals surface area contributed by atoms with Gasteiger partial charge >= 0.3 is 0 Å². The predicted octanol–water partition coefficient (Wildman–Crippen LogP) is 0.788. The zero-order valence-corrected chi connectivity index (χ0v) is 10.7. The smallest absolute Gasteiger partial charge is 0.131 e. The van der Waals surface area contributed by atoms with Crippen molar-refractivity contribution in [2.45, 2.75) is 6.42 Å². The van der Waals surface area contributed by atoms with E-state index in [0.29, 0.717) is 6.42 Å². The number of anilines is 1. The molecule has 0 bridgehead atoms. The van der Waals surface area contributed by atoms with Gasteiger partial charge in [0.05, 0.1) is 0 Å². The van der Waals surface area contributed by atoms with Crippen molar-refractivity contribution < 1.29 is 5.11 Å². The second-order valence-corrected chi connectivity index (χ2v) is 4.76. The molecule has 0 radical (unpaired) electrons. The average Bonchev–Trinajstić information content (AvgIpc) is 2.31. The highest BCUT2D eigenvalue weighted by molar-refractivity contribution is 9.10. The van der Waals surface area contributed by atoms with Gasteiger partial charge in [-0.1, -0.05) is 0 Å². The molecule has 1 fully saturated rings. The molecule has 1 aromatic rings. The third-order valence-corrected chi connectivity index (χ3v) is 3.14. The monoisotopic (exact) mass is 285 g/mol. The van der Waals surface area contributed by atoms with E-state index in [4.69, 9.17) is 5.11 Å². The molecular weight excluding hydrogens is 270 g/mol. The molecule has 2 N–H and O–H groups in total.